The Morgan fingerprint density at radius 1 is 1.20 bits per heavy atom. The van der Waals surface area contributed by atoms with Gasteiger partial charge in [-0.2, -0.15) is 0 Å². The van der Waals surface area contributed by atoms with Crippen LogP contribution >= 0.6 is 43.2 Å². The summed E-state index contributed by atoms with van der Waals surface area (Å²) in [5.41, 5.74) is 0. The van der Waals surface area contributed by atoms with Crippen molar-refractivity contribution in [2.75, 3.05) is 0 Å². The first-order valence-corrected chi connectivity index (χ1v) is 8.10. The van der Waals surface area contributed by atoms with E-state index in [2.05, 4.69) is 57.8 Å². The van der Waals surface area contributed by atoms with Gasteiger partial charge in [-0.05, 0) is 46.8 Å². The minimum absolute atomic E-state index is 0.536. The third-order valence-corrected chi connectivity index (χ3v) is 5.85. The van der Waals surface area contributed by atoms with E-state index in [0.717, 1.165) is 5.92 Å². The summed E-state index contributed by atoms with van der Waals surface area (Å²) in [6.45, 7) is 4.54. The average molecular weight is 354 g/mol. The molecule has 0 nitrogen and oxygen atoms in total. The van der Waals surface area contributed by atoms with Crippen molar-refractivity contribution in [1.82, 2.24) is 0 Å². The summed E-state index contributed by atoms with van der Waals surface area (Å²) in [5.74, 6) is 0.783. The fourth-order valence-corrected chi connectivity index (χ4v) is 4.34. The number of hydrogen-bond acceptors (Lipinski definition) is 1. The molecule has 0 aliphatic carbocycles. The third-order valence-electron chi connectivity index (χ3n) is 2.60. The minimum atomic E-state index is 0.536. The molecule has 3 heteroatoms. The number of thiophene rings is 1. The maximum absolute atomic E-state index is 3.86. The van der Waals surface area contributed by atoms with Crippen LogP contribution in [-0.4, -0.2) is 0 Å². The zero-order valence-electron chi connectivity index (χ0n) is 9.30. The van der Waals surface area contributed by atoms with Crippen LogP contribution in [0.2, 0.25) is 0 Å². The van der Waals surface area contributed by atoms with Gasteiger partial charge in [-0.3, -0.25) is 0 Å². The van der Waals surface area contributed by atoms with E-state index in [-0.39, 0.29) is 0 Å². The molecular weight excluding hydrogens is 336 g/mol. The molecule has 15 heavy (non-hydrogen) atoms. The quantitative estimate of drug-likeness (QED) is 0.537. The van der Waals surface area contributed by atoms with Gasteiger partial charge in [0.05, 0.1) is 8.61 Å². The predicted octanol–water partition coefficient (Wildman–Crippen LogP) is 6.16. The lowest BCUT2D eigenvalue weighted by molar-refractivity contribution is 0.438. The van der Waals surface area contributed by atoms with Crippen molar-refractivity contribution in [2.45, 2.75) is 44.4 Å². The van der Waals surface area contributed by atoms with Crippen molar-refractivity contribution in [1.29, 1.82) is 0 Å². The van der Waals surface area contributed by atoms with Crippen LogP contribution in [0.1, 0.15) is 49.2 Å². The van der Waals surface area contributed by atoms with Gasteiger partial charge >= 0.3 is 0 Å². The summed E-state index contributed by atoms with van der Waals surface area (Å²) < 4.78 is 1.23. The maximum atomic E-state index is 3.86. The van der Waals surface area contributed by atoms with Crippen LogP contribution in [-0.2, 0) is 0 Å². The molecule has 0 aromatic carbocycles. The summed E-state index contributed by atoms with van der Waals surface area (Å²) in [7, 11) is 0. The largest absolute Gasteiger partial charge is 0.132 e. The van der Waals surface area contributed by atoms with Crippen LogP contribution in [0, 0.1) is 5.92 Å². The first kappa shape index (κ1) is 13.7. The average Bonchev–Trinajstić information content (AvgIpc) is 2.63. The molecule has 1 rings (SSSR count). The Kier molecular flexibility index (Phi) is 6.48. The monoisotopic (exact) mass is 352 g/mol. The molecule has 0 bridgehead atoms. The Labute approximate surface area is 114 Å². The van der Waals surface area contributed by atoms with Crippen molar-refractivity contribution in [3.05, 3.63) is 20.8 Å². The van der Waals surface area contributed by atoms with Gasteiger partial charge in [0.2, 0.25) is 0 Å². The standard InChI is InChI=1S/C12H18Br2S/c1-3-5-9(6-4-2)12(14)10-7-8-11(13)15-10/h7-9,12H,3-6H2,1-2H3. The summed E-state index contributed by atoms with van der Waals surface area (Å²) >= 11 is 9.23. The van der Waals surface area contributed by atoms with E-state index >= 15 is 0 Å². The first-order valence-electron chi connectivity index (χ1n) is 5.58. The lowest BCUT2D eigenvalue weighted by atomic mass is 9.94. The van der Waals surface area contributed by atoms with Gasteiger partial charge in [0, 0.05) is 4.88 Å². The second kappa shape index (κ2) is 7.08. The van der Waals surface area contributed by atoms with Crippen molar-refractivity contribution in [3.63, 3.8) is 0 Å². The lowest BCUT2D eigenvalue weighted by Crippen LogP contribution is -2.06. The van der Waals surface area contributed by atoms with Crippen LogP contribution in [0.25, 0.3) is 0 Å². The molecule has 1 unspecified atom stereocenters. The fourth-order valence-electron chi connectivity index (χ4n) is 1.89. The van der Waals surface area contributed by atoms with E-state index in [1.54, 1.807) is 0 Å². The molecule has 0 N–H and O–H groups in total. The minimum Gasteiger partial charge on any atom is -0.132 e. The van der Waals surface area contributed by atoms with Gasteiger partial charge in [0.25, 0.3) is 0 Å². The summed E-state index contributed by atoms with van der Waals surface area (Å²) in [5, 5.41) is 0. The van der Waals surface area contributed by atoms with Crippen LogP contribution in [0.3, 0.4) is 0 Å². The Morgan fingerprint density at radius 2 is 1.80 bits per heavy atom. The summed E-state index contributed by atoms with van der Waals surface area (Å²) in [6, 6.07) is 4.37. The number of halogens is 2. The molecule has 0 saturated carbocycles. The molecule has 0 aliphatic rings. The van der Waals surface area contributed by atoms with Crippen LogP contribution in [0.5, 0.6) is 0 Å². The predicted molar refractivity (Wildman–Crippen MR) is 77.0 cm³/mol. The summed E-state index contributed by atoms with van der Waals surface area (Å²) in [4.78, 5) is 1.99. The Bertz CT molecular complexity index is 277. The molecule has 1 aromatic rings. The normalized spacial score (nSPS) is 13.4. The van der Waals surface area contributed by atoms with Crippen LogP contribution < -0.4 is 0 Å². The van der Waals surface area contributed by atoms with Gasteiger partial charge in [-0.1, -0.05) is 42.6 Å². The Morgan fingerprint density at radius 3 is 2.20 bits per heavy atom. The molecule has 0 fully saturated rings. The number of hydrogen-bond donors (Lipinski definition) is 0. The van der Waals surface area contributed by atoms with Gasteiger partial charge in [-0.15, -0.1) is 11.3 Å². The molecule has 0 saturated heterocycles. The fraction of sp³-hybridized carbons (Fsp3) is 0.667. The highest BCUT2D eigenvalue weighted by molar-refractivity contribution is 9.11. The SMILES string of the molecule is CCCC(CCC)C(Br)c1ccc(Br)s1. The number of alkyl halides is 1. The highest BCUT2D eigenvalue weighted by Gasteiger charge is 2.20. The molecular formula is C12H18Br2S. The Hall–Kier alpha value is 0.660. The molecule has 86 valence electrons. The zero-order chi connectivity index (χ0) is 11.3. The van der Waals surface area contributed by atoms with E-state index in [9.17, 15) is 0 Å². The molecule has 0 amide bonds. The lowest BCUT2D eigenvalue weighted by Gasteiger charge is -2.20. The second-order valence-electron chi connectivity index (χ2n) is 3.88. The van der Waals surface area contributed by atoms with E-state index in [0.29, 0.717) is 4.83 Å². The van der Waals surface area contributed by atoms with E-state index in [1.807, 2.05) is 11.3 Å². The molecule has 1 heterocycles. The van der Waals surface area contributed by atoms with E-state index in [1.165, 1.54) is 34.3 Å². The van der Waals surface area contributed by atoms with Crippen molar-refractivity contribution < 1.29 is 0 Å². The van der Waals surface area contributed by atoms with Gasteiger partial charge in [0.1, 0.15) is 0 Å². The molecule has 1 aromatic heterocycles. The van der Waals surface area contributed by atoms with E-state index < -0.39 is 0 Å². The molecule has 1 atom stereocenters. The van der Waals surface area contributed by atoms with Crippen LogP contribution in [0.15, 0.2) is 15.9 Å². The van der Waals surface area contributed by atoms with Crippen molar-refractivity contribution in [2.24, 2.45) is 5.92 Å². The van der Waals surface area contributed by atoms with Gasteiger partial charge in [-0.25, -0.2) is 0 Å². The van der Waals surface area contributed by atoms with Crippen LogP contribution in [0.4, 0.5) is 0 Å². The van der Waals surface area contributed by atoms with E-state index in [4.69, 9.17) is 0 Å². The van der Waals surface area contributed by atoms with Gasteiger partial charge < -0.3 is 0 Å². The smallest absolute Gasteiger partial charge is 0.0701 e. The molecule has 0 aliphatic heterocycles. The maximum Gasteiger partial charge on any atom is 0.0701 e. The second-order valence-corrected chi connectivity index (χ2v) is 7.36. The van der Waals surface area contributed by atoms with Gasteiger partial charge in [0.15, 0.2) is 0 Å². The number of rotatable bonds is 6. The highest BCUT2D eigenvalue weighted by Crippen LogP contribution is 2.40. The van der Waals surface area contributed by atoms with Crippen molar-refractivity contribution >= 4 is 43.2 Å². The zero-order valence-corrected chi connectivity index (χ0v) is 13.3. The Balaban J connectivity index is 2.66. The summed E-state index contributed by atoms with van der Waals surface area (Å²) in [6.07, 6.45) is 5.19. The third kappa shape index (κ3) is 4.20. The molecule has 0 spiro atoms. The topological polar surface area (TPSA) is 0 Å². The van der Waals surface area contributed by atoms with Crippen molar-refractivity contribution in [3.8, 4) is 0 Å². The highest BCUT2D eigenvalue weighted by atomic mass is 79.9. The first-order chi connectivity index (χ1) is 7.19. The molecule has 0 radical (unpaired) electrons.